The molecule has 146 valence electrons. The summed E-state index contributed by atoms with van der Waals surface area (Å²) in [5.74, 6) is -0.300. The predicted octanol–water partition coefficient (Wildman–Crippen LogP) is 4.23. The van der Waals surface area contributed by atoms with E-state index in [2.05, 4.69) is 0 Å². The molecule has 0 spiro atoms. The fraction of sp³-hybridized carbons (Fsp3) is 0.409. The smallest absolute Gasteiger partial charge is 0.255 e. The number of hydrogen-bond acceptors (Lipinski definition) is 3. The monoisotopic (exact) mass is 387 g/mol. The van der Waals surface area contributed by atoms with Gasteiger partial charge >= 0.3 is 0 Å². The first-order valence-electron chi connectivity index (χ1n) is 9.30. The number of nitrogens with zero attached hydrogens (tertiary/aromatic N) is 1. The van der Waals surface area contributed by atoms with E-state index in [1.165, 1.54) is 0 Å². The van der Waals surface area contributed by atoms with E-state index >= 15 is 0 Å². The molecule has 2 rings (SSSR count). The predicted molar refractivity (Wildman–Crippen MR) is 110 cm³/mol. The van der Waals surface area contributed by atoms with Crippen LogP contribution in [0.25, 0.3) is 0 Å². The number of sulfone groups is 1. The second kappa shape index (κ2) is 8.26. The first kappa shape index (κ1) is 21.2. The molecule has 0 heterocycles. The molecule has 0 aliphatic heterocycles. The normalized spacial score (nSPS) is 12.0. The Morgan fingerprint density at radius 2 is 1.59 bits per heavy atom. The van der Waals surface area contributed by atoms with E-state index in [-0.39, 0.29) is 22.1 Å². The number of carbonyl (C=O) groups is 1. The Balaban J connectivity index is 2.49. The molecule has 0 saturated heterocycles. The minimum atomic E-state index is -3.66. The molecule has 1 amide bonds. The number of rotatable bonds is 7. The zero-order valence-corrected chi connectivity index (χ0v) is 17.6. The van der Waals surface area contributed by atoms with Crippen molar-refractivity contribution in [2.75, 3.05) is 18.8 Å². The maximum Gasteiger partial charge on any atom is 0.255 e. The summed E-state index contributed by atoms with van der Waals surface area (Å²) < 4.78 is 26.6. The van der Waals surface area contributed by atoms with E-state index in [1.807, 2.05) is 65.0 Å². The van der Waals surface area contributed by atoms with Crippen LogP contribution in [0.15, 0.2) is 53.4 Å². The van der Waals surface area contributed by atoms with Crippen molar-refractivity contribution in [2.45, 2.75) is 44.9 Å². The third-order valence-corrected chi connectivity index (χ3v) is 6.99. The summed E-state index contributed by atoms with van der Waals surface area (Å²) in [5, 5.41) is 0. The van der Waals surface area contributed by atoms with Crippen LogP contribution in [0, 0.1) is 6.92 Å². The van der Waals surface area contributed by atoms with E-state index in [1.54, 1.807) is 23.1 Å². The van der Waals surface area contributed by atoms with Crippen LogP contribution in [-0.2, 0) is 15.3 Å². The van der Waals surface area contributed by atoms with E-state index < -0.39 is 15.3 Å². The van der Waals surface area contributed by atoms with Crippen LogP contribution in [-0.4, -0.2) is 38.1 Å². The summed E-state index contributed by atoms with van der Waals surface area (Å²) in [6.45, 7) is 10.6. The lowest BCUT2D eigenvalue weighted by Crippen LogP contribution is -2.33. The molecule has 0 aliphatic carbocycles. The summed E-state index contributed by atoms with van der Waals surface area (Å²) in [6, 6.07) is 14.6. The molecule has 0 radical (unpaired) electrons. The Morgan fingerprint density at radius 1 is 1.00 bits per heavy atom. The molecule has 0 N–H and O–H groups in total. The van der Waals surface area contributed by atoms with Gasteiger partial charge in [0.1, 0.15) is 0 Å². The van der Waals surface area contributed by atoms with Crippen LogP contribution in [0.2, 0.25) is 0 Å². The Labute approximate surface area is 163 Å². The summed E-state index contributed by atoms with van der Waals surface area (Å²) >= 11 is 0. The molecule has 0 aliphatic rings. The molecule has 0 aromatic heterocycles. The Kier molecular flexibility index (Phi) is 6.47. The third kappa shape index (κ3) is 4.78. The zero-order chi connectivity index (χ0) is 20.2. The van der Waals surface area contributed by atoms with Gasteiger partial charge in [-0.2, -0.15) is 0 Å². The van der Waals surface area contributed by atoms with Gasteiger partial charge in [-0.25, -0.2) is 8.42 Å². The topological polar surface area (TPSA) is 54.5 Å². The molecule has 0 unspecified atom stereocenters. The minimum Gasteiger partial charge on any atom is -0.339 e. The first-order valence-corrected chi connectivity index (χ1v) is 11.0. The van der Waals surface area contributed by atoms with Crippen molar-refractivity contribution in [1.82, 2.24) is 4.90 Å². The van der Waals surface area contributed by atoms with Gasteiger partial charge in [0.15, 0.2) is 9.84 Å². The Hall–Kier alpha value is -2.14. The van der Waals surface area contributed by atoms with E-state index in [9.17, 15) is 13.2 Å². The van der Waals surface area contributed by atoms with E-state index in [4.69, 9.17) is 0 Å². The molecule has 0 saturated carbocycles. The molecule has 5 heteroatoms. The lowest BCUT2D eigenvalue weighted by Gasteiger charge is -2.26. The van der Waals surface area contributed by atoms with Gasteiger partial charge in [0, 0.05) is 18.5 Å². The number of benzene rings is 2. The van der Waals surface area contributed by atoms with Gasteiger partial charge in [0.25, 0.3) is 5.91 Å². The molecule has 0 bridgehead atoms. The second-order valence-corrected chi connectivity index (χ2v) is 9.44. The summed E-state index contributed by atoms with van der Waals surface area (Å²) in [6.07, 6.45) is 0. The summed E-state index contributed by atoms with van der Waals surface area (Å²) in [7, 11) is -3.66. The van der Waals surface area contributed by atoms with Gasteiger partial charge in [-0.3, -0.25) is 4.79 Å². The first-order chi connectivity index (χ1) is 12.6. The van der Waals surface area contributed by atoms with Gasteiger partial charge in [0.05, 0.1) is 16.2 Å². The second-order valence-electron chi connectivity index (χ2n) is 7.49. The number of amides is 1. The molecular formula is C22H29NO3S. The van der Waals surface area contributed by atoms with Gasteiger partial charge in [-0.1, -0.05) is 55.8 Å². The number of aryl methyl sites for hydroxylation is 1. The van der Waals surface area contributed by atoms with Crippen LogP contribution in [0.4, 0.5) is 0 Å². The highest BCUT2D eigenvalue weighted by molar-refractivity contribution is 7.91. The molecule has 4 nitrogen and oxygen atoms in total. The minimum absolute atomic E-state index is 0.0639. The molecule has 27 heavy (non-hydrogen) atoms. The number of hydrogen-bond donors (Lipinski definition) is 0. The Bertz CT molecular complexity index is 898. The van der Waals surface area contributed by atoms with Crippen molar-refractivity contribution in [3.05, 3.63) is 65.2 Å². The van der Waals surface area contributed by atoms with Gasteiger partial charge < -0.3 is 4.90 Å². The maximum absolute atomic E-state index is 13.3. The van der Waals surface area contributed by atoms with Crippen LogP contribution in [0.5, 0.6) is 0 Å². The quantitative estimate of drug-likeness (QED) is 0.714. The highest BCUT2D eigenvalue weighted by atomic mass is 32.2. The standard InChI is InChI=1S/C22H29NO3S/c1-6-23(7-2)21(24)19-15-17(3)13-14-20(19)27(25,26)16-22(4,5)18-11-9-8-10-12-18/h8-15H,6-7,16H2,1-5H3. The summed E-state index contributed by atoms with van der Waals surface area (Å²) in [4.78, 5) is 14.7. The lowest BCUT2D eigenvalue weighted by molar-refractivity contribution is 0.0769. The summed E-state index contributed by atoms with van der Waals surface area (Å²) in [5.41, 5.74) is 1.52. The van der Waals surface area contributed by atoms with Crippen molar-refractivity contribution in [3.8, 4) is 0 Å². The van der Waals surface area contributed by atoms with Crippen LogP contribution >= 0.6 is 0 Å². The Morgan fingerprint density at radius 3 is 2.15 bits per heavy atom. The molecule has 2 aromatic rings. The average molecular weight is 388 g/mol. The van der Waals surface area contributed by atoms with Gasteiger partial charge in [0.2, 0.25) is 0 Å². The van der Waals surface area contributed by atoms with E-state index in [0.717, 1.165) is 11.1 Å². The largest absolute Gasteiger partial charge is 0.339 e. The van der Waals surface area contributed by atoms with Crippen LogP contribution in [0.1, 0.15) is 49.2 Å². The zero-order valence-electron chi connectivity index (χ0n) is 16.8. The molecular weight excluding hydrogens is 358 g/mol. The maximum atomic E-state index is 13.3. The highest BCUT2D eigenvalue weighted by Gasteiger charge is 2.32. The van der Waals surface area contributed by atoms with Crippen LogP contribution < -0.4 is 0 Å². The van der Waals surface area contributed by atoms with Crippen molar-refractivity contribution in [3.63, 3.8) is 0 Å². The van der Waals surface area contributed by atoms with Crippen molar-refractivity contribution >= 4 is 15.7 Å². The van der Waals surface area contributed by atoms with Crippen molar-refractivity contribution in [2.24, 2.45) is 0 Å². The fourth-order valence-corrected chi connectivity index (χ4v) is 5.32. The highest BCUT2D eigenvalue weighted by Crippen LogP contribution is 2.29. The third-order valence-electron chi connectivity index (χ3n) is 4.86. The van der Waals surface area contributed by atoms with Crippen molar-refractivity contribution in [1.29, 1.82) is 0 Å². The molecule has 2 aromatic carbocycles. The van der Waals surface area contributed by atoms with Crippen LogP contribution in [0.3, 0.4) is 0 Å². The molecule has 0 fully saturated rings. The van der Waals surface area contributed by atoms with Gasteiger partial charge in [-0.05, 0) is 38.5 Å². The fourth-order valence-electron chi connectivity index (χ4n) is 3.29. The average Bonchev–Trinajstić information content (AvgIpc) is 2.62. The number of carbonyl (C=O) groups excluding carboxylic acids is 1. The lowest BCUT2D eigenvalue weighted by atomic mass is 9.87. The van der Waals surface area contributed by atoms with Gasteiger partial charge in [-0.15, -0.1) is 0 Å². The van der Waals surface area contributed by atoms with E-state index in [0.29, 0.717) is 13.1 Å². The SMILES string of the molecule is CCN(CC)C(=O)c1cc(C)ccc1S(=O)(=O)CC(C)(C)c1ccccc1. The van der Waals surface area contributed by atoms with Crippen molar-refractivity contribution < 1.29 is 13.2 Å². The molecule has 0 atom stereocenters.